The normalized spacial score (nSPS) is 28.5. The van der Waals surface area contributed by atoms with E-state index < -0.39 is 0 Å². The molecule has 2 saturated heterocycles. The van der Waals surface area contributed by atoms with Crippen LogP contribution in [0.1, 0.15) is 25.0 Å². The third-order valence-corrected chi connectivity index (χ3v) is 4.76. The molecule has 2 atom stereocenters. The molecule has 2 fully saturated rings. The lowest BCUT2D eigenvalue weighted by atomic mass is 10.1. The van der Waals surface area contributed by atoms with Gasteiger partial charge in [0.05, 0.1) is 11.9 Å². The predicted molar refractivity (Wildman–Crippen MR) is 78.0 cm³/mol. The van der Waals surface area contributed by atoms with Crippen LogP contribution in [-0.4, -0.2) is 53.5 Å². The van der Waals surface area contributed by atoms with Crippen LogP contribution in [0.3, 0.4) is 0 Å². The van der Waals surface area contributed by atoms with Gasteiger partial charge >= 0.3 is 0 Å². The maximum atomic E-state index is 5.66. The van der Waals surface area contributed by atoms with Gasteiger partial charge in [0.1, 0.15) is 0 Å². The van der Waals surface area contributed by atoms with Gasteiger partial charge in [0.2, 0.25) is 0 Å². The van der Waals surface area contributed by atoms with Gasteiger partial charge < -0.3 is 10.6 Å². The lowest BCUT2D eigenvalue weighted by molar-refractivity contribution is 0.220. The molecular weight excluding hydrogens is 236 g/mol. The number of hydrogen-bond acceptors (Lipinski definition) is 4. The topological polar surface area (TPSA) is 45.4 Å². The third-order valence-electron chi connectivity index (χ3n) is 4.76. The van der Waals surface area contributed by atoms with Crippen LogP contribution in [0.4, 0.5) is 5.69 Å². The van der Waals surface area contributed by atoms with Crippen molar-refractivity contribution >= 4 is 5.69 Å². The number of rotatable bonds is 3. The predicted octanol–water partition coefficient (Wildman–Crippen LogP) is 1.37. The maximum Gasteiger partial charge on any atom is 0.0501 e. The summed E-state index contributed by atoms with van der Waals surface area (Å²) in [4.78, 5) is 9.60. The van der Waals surface area contributed by atoms with Crippen LogP contribution in [0.25, 0.3) is 0 Å². The number of hydrogen-bond donors (Lipinski definition) is 1. The van der Waals surface area contributed by atoms with E-state index >= 15 is 0 Å². The smallest absolute Gasteiger partial charge is 0.0501 e. The summed E-state index contributed by atoms with van der Waals surface area (Å²) in [6.07, 6.45) is 6.88. The summed E-state index contributed by atoms with van der Waals surface area (Å²) in [7, 11) is 2.30. The van der Waals surface area contributed by atoms with Crippen molar-refractivity contribution in [3.63, 3.8) is 0 Å². The number of anilines is 1. The third kappa shape index (κ3) is 2.90. The number of nitrogen functional groups attached to an aromatic ring is 1. The van der Waals surface area contributed by atoms with Crippen LogP contribution in [0, 0.1) is 0 Å². The number of pyridine rings is 1. The summed E-state index contributed by atoms with van der Waals surface area (Å²) in [6.45, 7) is 3.58. The van der Waals surface area contributed by atoms with Crippen molar-refractivity contribution in [3.05, 3.63) is 24.0 Å². The van der Waals surface area contributed by atoms with E-state index in [-0.39, 0.29) is 0 Å². The van der Waals surface area contributed by atoms with Crippen molar-refractivity contribution in [2.24, 2.45) is 0 Å². The molecule has 4 heteroatoms. The maximum absolute atomic E-state index is 5.66. The summed E-state index contributed by atoms with van der Waals surface area (Å²) in [5, 5.41) is 0. The molecule has 0 aliphatic carbocycles. The zero-order valence-electron chi connectivity index (χ0n) is 11.8. The van der Waals surface area contributed by atoms with E-state index in [0.29, 0.717) is 0 Å². The molecule has 3 rings (SSSR count). The van der Waals surface area contributed by atoms with Crippen LogP contribution in [-0.2, 0) is 6.42 Å². The van der Waals surface area contributed by atoms with Crippen molar-refractivity contribution in [2.75, 3.05) is 32.4 Å². The van der Waals surface area contributed by atoms with Gasteiger partial charge in [-0.25, -0.2) is 0 Å². The fraction of sp³-hybridized carbons (Fsp3) is 0.667. The highest BCUT2D eigenvalue weighted by Crippen LogP contribution is 2.28. The Morgan fingerprint density at radius 1 is 1.26 bits per heavy atom. The molecule has 0 radical (unpaired) electrons. The largest absolute Gasteiger partial charge is 0.397 e. The Hall–Kier alpha value is -1.13. The first kappa shape index (κ1) is 12.9. The Bertz CT molecular complexity index is 417. The monoisotopic (exact) mass is 260 g/mol. The van der Waals surface area contributed by atoms with Gasteiger partial charge in [-0.15, -0.1) is 0 Å². The first-order valence-corrected chi connectivity index (χ1v) is 7.37. The van der Waals surface area contributed by atoms with Gasteiger partial charge in [0.15, 0.2) is 0 Å². The fourth-order valence-electron chi connectivity index (χ4n) is 3.44. The molecule has 0 amide bonds. The van der Waals surface area contributed by atoms with Crippen molar-refractivity contribution in [2.45, 2.75) is 37.8 Å². The molecule has 104 valence electrons. The van der Waals surface area contributed by atoms with Gasteiger partial charge in [-0.1, -0.05) is 0 Å². The zero-order valence-corrected chi connectivity index (χ0v) is 11.8. The van der Waals surface area contributed by atoms with E-state index in [1.165, 1.54) is 32.4 Å². The number of aromatic nitrogens is 1. The van der Waals surface area contributed by atoms with Crippen LogP contribution in [0.5, 0.6) is 0 Å². The van der Waals surface area contributed by atoms with E-state index in [0.717, 1.165) is 36.4 Å². The second-order valence-corrected chi connectivity index (χ2v) is 5.97. The molecule has 3 heterocycles. The van der Waals surface area contributed by atoms with Crippen molar-refractivity contribution in [1.82, 2.24) is 14.8 Å². The Kier molecular flexibility index (Phi) is 3.71. The minimum atomic E-state index is 0.748. The van der Waals surface area contributed by atoms with Gasteiger partial charge in [-0.3, -0.25) is 9.88 Å². The van der Waals surface area contributed by atoms with Crippen molar-refractivity contribution < 1.29 is 0 Å². The molecular formula is C15H24N4. The highest BCUT2D eigenvalue weighted by atomic mass is 15.3. The van der Waals surface area contributed by atoms with Gasteiger partial charge in [0.25, 0.3) is 0 Å². The summed E-state index contributed by atoms with van der Waals surface area (Å²) >= 11 is 0. The van der Waals surface area contributed by atoms with E-state index in [1.54, 1.807) is 6.20 Å². The van der Waals surface area contributed by atoms with Crippen LogP contribution >= 0.6 is 0 Å². The molecule has 4 nitrogen and oxygen atoms in total. The van der Waals surface area contributed by atoms with Crippen molar-refractivity contribution in [1.29, 1.82) is 0 Å². The molecule has 2 aliphatic heterocycles. The number of nitrogens with zero attached hydrogens (tertiary/aromatic N) is 3. The van der Waals surface area contributed by atoms with Crippen LogP contribution < -0.4 is 5.73 Å². The van der Waals surface area contributed by atoms with Gasteiger partial charge in [0, 0.05) is 37.3 Å². The SMILES string of the molecule is CN1C2CCC1CN(CCc1ccc(N)cn1)CC2. The molecule has 0 saturated carbocycles. The van der Waals surface area contributed by atoms with E-state index in [9.17, 15) is 0 Å². The van der Waals surface area contributed by atoms with E-state index in [2.05, 4.69) is 21.8 Å². The Balaban J connectivity index is 1.54. The molecule has 0 aromatic carbocycles. The van der Waals surface area contributed by atoms with Crippen LogP contribution in [0.15, 0.2) is 18.3 Å². The lowest BCUT2D eigenvalue weighted by Crippen LogP contribution is -2.37. The molecule has 1 aromatic heterocycles. The number of likely N-dealkylation sites (tertiary alicyclic amines) is 1. The first-order valence-electron chi connectivity index (χ1n) is 7.37. The van der Waals surface area contributed by atoms with Gasteiger partial charge in [-0.2, -0.15) is 0 Å². The average molecular weight is 260 g/mol. The summed E-state index contributed by atoms with van der Waals surface area (Å²) in [6, 6.07) is 5.59. The lowest BCUT2D eigenvalue weighted by Gasteiger charge is -2.25. The average Bonchev–Trinajstić information content (AvgIpc) is 2.65. The van der Waals surface area contributed by atoms with E-state index in [4.69, 9.17) is 5.73 Å². The first-order chi connectivity index (χ1) is 9.22. The molecule has 0 spiro atoms. The molecule has 2 unspecified atom stereocenters. The summed E-state index contributed by atoms with van der Waals surface area (Å²) < 4.78 is 0. The fourth-order valence-corrected chi connectivity index (χ4v) is 3.44. The minimum Gasteiger partial charge on any atom is -0.397 e. The minimum absolute atomic E-state index is 0.748. The van der Waals surface area contributed by atoms with Crippen molar-refractivity contribution in [3.8, 4) is 0 Å². The number of likely N-dealkylation sites (N-methyl/N-ethyl adjacent to an activating group) is 1. The Labute approximate surface area is 115 Å². The highest BCUT2D eigenvalue weighted by molar-refractivity contribution is 5.34. The van der Waals surface area contributed by atoms with Crippen LogP contribution in [0.2, 0.25) is 0 Å². The Morgan fingerprint density at radius 2 is 2.11 bits per heavy atom. The molecule has 2 aliphatic rings. The number of fused-ring (bicyclic) bond motifs is 2. The molecule has 2 bridgehead atoms. The standard InChI is InChI=1S/C15H24N4/c1-18-14-4-5-15(18)11-19(9-7-14)8-6-13-3-2-12(16)10-17-13/h2-3,10,14-15H,4-9,11,16H2,1H3. The van der Waals surface area contributed by atoms with E-state index in [1.807, 2.05) is 12.1 Å². The summed E-state index contributed by atoms with van der Waals surface area (Å²) in [5.41, 5.74) is 7.56. The molecule has 19 heavy (non-hydrogen) atoms. The summed E-state index contributed by atoms with van der Waals surface area (Å²) in [5.74, 6) is 0. The quantitative estimate of drug-likeness (QED) is 0.891. The second kappa shape index (κ2) is 5.47. The molecule has 1 aromatic rings. The second-order valence-electron chi connectivity index (χ2n) is 5.97. The van der Waals surface area contributed by atoms with Gasteiger partial charge in [-0.05, 0) is 45.0 Å². The Morgan fingerprint density at radius 3 is 2.89 bits per heavy atom. The molecule has 2 N–H and O–H groups in total. The zero-order chi connectivity index (χ0) is 13.2. The number of nitrogens with two attached hydrogens (primary N) is 1. The highest BCUT2D eigenvalue weighted by Gasteiger charge is 2.34.